The zero-order chi connectivity index (χ0) is 20.2. The predicted octanol–water partition coefficient (Wildman–Crippen LogP) is 3.18. The minimum Gasteiger partial charge on any atom is -0.511 e. The number of epoxide rings is 1. The Labute approximate surface area is 158 Å². The van der Waals surface area contributed by atoms with Crippen LogP contribution in [0.15, 0.2) is 17.4 Å². The van der Waals surface area contributed by atoms with E-state index in [1.165, 1.54) is 6.92 Å². The molecule has 0 spiro atoms. The van der Waals surface area contributed by atoms with Gasteiger partial charge in [0.1, 0.15) is 29.7 Å². The first kappa shape index (κ1) is 18.9. The molecule has 1 aromatic heterocycles. The maximum absolute atomic E-state index is 13.2. The van der Waals surface area contributed by atoms with Gasteiger partial charge in [0.25, 0.3) is 0 Å². The molecule has 3 atom stereocenters. The van der Waals surface area contributed by atoms with Crippen LogP contribution >= 0.6 is 0 Å². The van der Waals surface area contributed by atoms with Crippen molar-refractivity contribution in [3.8, 4) is 5.88 Å². The number of nitrogens with zero attached hydrogens (tertiary/aromatic N) is 1. The van der Waals surface area contributed by atoms with Crippen LogP contribution in [-0.4, -0.2) is 41.0 Å². The van der Waals surface area contributed by atoms with Gasteiger partial charge in [-0.3, -0.25) is 9.59 Å². The van der Waals surface area contributed by atoms with E-state index in [0.717, 1.165) is 6.07 Å². The zero-order valence-electron chi connectivity index (χ0n) is 15.0. The lowest BCUT2D eigenvalue weighted by Gasteiger charge is -2.22. The molecule has 9 heteroatoms. The average molecular weight is 397 g/mol. The summed E-state index contributed by atoms with van der Waals surface area (Å²) in [5.41, 5.74) is -1.80. The third kappa shape index (κ3) is 3.28. The van der Waals surface area contributed by atoms with Crippen molar-refractivity contribution < 1.29 is 37.3 Å². The molecular weight excluding hydrogens is 379 g/mol. The lowest BCUT2D eigenvalue weighted by atomic mass is 9.82. The molecule has 2 heterocycles. The molecule has 1 N–H and O–H groups in total. The number of carbonyl (C=O) groups excluding carboxylic acids is 2. The molecule has 3 unspecified atom stereocenters. The molecule has 150 valence electrons. The molecule has 4 rings (SSSR count). The number of aryl methyl sites for hydroxylation is 1. The number of alkyl halides is 3. The number of carbonyl (C=O) groups is 2. The van der Waals surface area contributed by atoms with Crippen molar-refractivity contribution in [1.29, 1.82) is 0 Å². The number of ether oxygens (including phenoxy) is 2. The van der Waals surface area contributed by atoms with Crippen molar-refractivity contribution in [2.24, 2.45) is 11.8 Å². The van der Waals surface area contributed by atoms with Gasteiger partial charge >= 0.3 is 6.18 Å². The van der Waals surface area contributed by atoms with Crippen LogP contribution in [0.2, 0.25) is 0 Å². The summed E-state index contributed by atoms with van der Waals surface area (Å²) in [5, 5.41) is 10.4. The van der Waals surface area contributed by atoms with Crippen molar-refractivity contribution in [3.05, 3.63) is 34.2 Å². The number of aromatic nitrogens is 1. The van der Waals surface area contributed by atoms with Crippen molar-refractivity contribution >= 4 is 11.6 Å². The van der Waals surface area contributed by atoms with Crippen LogP contribution in [0.4, 0.5) is 13.2 Å². The third-order valence-electron chi connectivity index (χ3n) is 5.43. The van der Waals surface area contributed by atoms with Crippen molar-refractivity contribution in [2.45, 2.75) is 38.5 Å². The molecule has 0 amide bonds. The van der Waals surface area contributed by atoms with Crippen LogP contribution in [0.5, 0.6) is 5.88 Å². The van der Waals surface area contributed by atoms with E-state index in [1.54, 1.807) is 0 Å². The molecule has 2 fully saturated rings. The van der Waals surface area contributed by atoms with Crippen LogP contribution in [0.3, 0.4) is 0 Å². The minimum absolute atomic E-state index is 0.0231. The van der Waals surface area contributed by atoms with Gasteiger partial charge in [-0.1, -0.05) is 0 Å². The number of pyridine rings is 1. The van der Waals surface area contributed by atoms with E-state index in [-0.39, 0.29) is 47.0 Å². The highest BCUT2D eigenvalue weighted by Crippen LogP contribution is 2.44. The van der Waals surface area contributed by atoms with Gasteiger partial charge in [-0.25, -0.2) is 4.98 Å². The van der Waals surface area contributed by atoms with Crippen LogP contribution in [0.1, 0.15) is 40.9 Å². The molecular formula is C19H18F3NO5. The highest BCUT2D eigenvalue weighted by Gasteiger charge is 2.45. The van der Waals surface area contributed by atoms with Gasteiger partial charge in [0.15, 0.2) is 5.78 Å². The first-order valence-electron chi connectivity index (χ1n) is 9.02. The summed E-state index contributed by atoms with van der Waals surface area (Å²) in [4.78, 5) is 29.2. The van der Waals surface area contributed by atoms with E-state index in [1.807, 2.05) is 0 Å². The normalized spacial score (nSPS) is 26.6. The number of aliphatic hydroxyl groups is 1. The molecule has 6 nitrogen and oxygen atoms in total. The third-order valence-corrected chi connectivity index (χ3v) is 5.43. The summed E-state index contributed by atoms with van der Waals surface area (Å²) in [5.74, 6) is -2.70. The number of allylic oxidation sites excluding steroid dienone is 2. The molecule has 1 saturated heterocycles. The number of fused-ring (bicyclic) bond motifs is 2. The maximum atomic E-state index is 13.2. The lowest BCUT2D eigenvalue weighted by molar-refractivity contribution is -0.141. The van der Waals surface area contributed by atoms with E-state index in [9.17, 15) is 27.9 Å². The Morgan fingerprint density at radius 1 is 1.36 bits per heavy atom. The van der Waals surface area contributed by atoms with E-state index in [4.69, 9.17) is 9.47 Å². The second-order valence-corrected chi connectivity index (χ2v) is 7.43. The van der Waals surface area contributed by atoms with Gasteiger partial charge in [0, 0.05) is 11.8 Å². The van der Waals surface area contributed by atoms with Crippen molar-refractivity contribution in [2.75, 3.05) is 13.2 Å². The quantitative estimate of drug-likeness (QED) is 0.466. The van der Waals surface area contributed by atoms with E-state index in [2.05, 4.69) is 4.98 Å². The summed E-state index contributed by atoms with van der Waals surface area (Å²) < 4.78 is 49.8. The number of hydrogen-bond acceptors (Lipinski definition) is 6. The van der Waals surface area contributed by atoms with Crippen molar-refractivity contribution in [1.82, 2.24) is 4.98 Å². The van der Waals surface area contributed by atoms with E-state index < -0.39 is 29.3 Å². The molecule has 0 radical (unpaired) electrons. The van der Waals surface area contributed by atoms with Crippen LogP contribution in [0, 0.1) is 18.8 Å². The van der Waals surface area contributed by atoms with Gasteiger partial charge in [-0.05, 0) is 37.8 Å². The van der Waals surface area contributed by atoms with Gasteiger partial charge in [0.2, 0.25) is 11.7 Å². The van der Waals surface area contributed by atoms with Crippen LogP contribution in [0.25, 0.3) is 0 Å². The largest absolute Gasteiger partial charge is 0.511 e. The Kier molecular flexibility index (Phi) is 4.45. The molecule has 1 aliphatic heterocycles. The van der Waals surface area contributed by atoms with E-state index >= 15 is 0 Å². The van der Waals surface area contributed by atoms with Crippen molar-refractivity contribution in [3.63, 3.8) is 0 Å². The molecule has 0 aromatic carbocycles. The minimum atomic E-state index is -4.72. The highest BCUT2D eigenvalue weighted by molar-refractivity contribution is 6.28. The summed E-state index contributed by atoms with van der Waals surface area (Å²) in [6, 6.07) is 0.743. The molecule has 2 aliphatic carbocycles. The smallest absolute Gasteiger partial charge is 0.433 e. The zero-order valence-corrected chi connectivity index (χ0v) is 15.0. The first-order valence-corrected chi connectivity index (χ1v) is 9.02. The second-order valence-electron chi connectivity index (χ2n) is 7.43. The maximum Gasteiger partial charge on any atom is 0.433 e. The predicted molar refractivity (Wildman–Crippen MR) is 89.0 cm³/mol. The molecule has 1 aromatic rings. The summed E-state index contributed by atoms with van der Waals surface area (Å²) in [7, 11) is 0. The first-order chi connectivity index (χ1) is 13.2. The molecule has 28 heavy (non-hydrogen) atoms. The molecule has 2 bridgehead atoms. The second kappa shape index (κ2) is 6.58. The topological polar surface area (TPSA) is 89.0 Å². The Balaban J connectivity index is 1.78. The van der Waals surface area contributed by atoms with Gasteiger partial charge < -0.3 is 14.6 Å². The fourth-order valence-corrected chi connectivity index (χ4v) is 3.86. The summed E-state index contributed by atoms with van der Waals surface area (Å²) >= 11 is 0. The Hall–Kier alpha value is -2.42. The molecule has 1 saturated carbocycles. The van der Waals surface area contributed by atoms with Gasteiger partial charge in [-0.15, -0.1) is 0 Å². The Bertz CT molecular complexity index is 888. The summed E-state index contributed by atoms with van der Waals surface area (Å²) in [6.07, 6.45) is -3.31. The number of aliphatic hydroxyl groups excluding tert-OH is 1. The van der Waals surface area contributed by atoms with Gasteiger partial charge in [0.05, 0.1) is 12.2 Å². The SMILES string of the molecule is Cc1cc(C(F)(F)F)nc(OCC2CO2)c1C(=O)C1=C(O)C2CCC(C2)C1=O. The van der Waals surface area contributed by atoms with Crippen LogP contribution in [-0.2, 0) is 15.7 Å². The number of Topliss-reactive ketones (excluding diaryl/α,β-unsaturated/α-hetero) is 2. The Morgan fingerprint density at radius 2 is 2.04 bits per heavy atom. The highest BCUT2D eigenvalue weighted by atomic mass is 19.4. The lowest BCUT2D eigenvalue weighted by Crippen LogP contribution is -2.28. The number of rotatable bonds is 5. The standard InChI is InChI=1S/C19H18F3NO5/c1-8-4-12(19(20,21)22)23-18(28-7-11-6-27-11)13(8)17(26)14-15(24)9-2-3-10(5-9)16(14)25/h4,9-11,24H,2-3,5-7H2,1H3. The van der Waals surface area contributed by atoms with Gasteiger partial charge in [-0.2, -0.15) is 13.2 Å². The van der Waals surface area contributed by atoms with Crippen LogP contribution < -0.4 is 4.74 Å². The number of hydrogen-bond donors (Lipinski definition) is 1. The average Bonchev–Trinajstić information content (AvgIpc) is 3.33. The van der Waals surface area contributed by atoms with E-state index in [0.29, 0.717) is 25.9 Å². The summed E-state index contributed by atoms with van der Waals surface area (Å²) in [6.45, 7) is 1.68. The molecule has 3 aliphatic rings. The number of ketones is 2. The Morgan fingerprint density at radius 3 is 2.68 bits per heavy atom. The number of halogens is 3. The fraction of sp³-hybridized carbons (Fsp3) is 0.526. The monoisotopic (exact) mass is 397 g/mol. The fourth-order valence-electron chi connectivity index (χ4n) is 3.86.